The fourth-order valence-electron chi connectivity index (χ4n) is 14.4. The standard InChI is InChI=1S/C48H75F2N4O19P6S3.2C12H22/c1-77(62,48(49,50)78(2,63)73-79(3,64)65)70-28-43-40(56)26-37(72-43)30-80-32-41(57)33-12-14-35(15-13-33)53-45(59)29-68-23-22-67-21-20-66-19-18-52-47(61)38(54-46(60)34-9-5-4-6-10-34)31-82-81-24-16-44(58)51-17-8-7-11-36-25-39(55)42(71-36)27-69-76(74)75;2*1-3-7-11(8-4-1)12-9-5-2-6-10-12/h12-15,34,36-40,42-43,55-56H,1-6,9-11,16-32,74-75H2,(H5-3,51,52,53,54,57,58,59,60,61,62,63,64,65);2*11-12H,1-10H2/q-3;;/t36-,37+,38?,39?,40?,42+,43+,77?,78?;;/m0../s1. The molecule has 0 spiro atoms. The monoisotopic (exact) mass is 1660 g/mol. The van der Waals surface area contributed by atoms with Crippen LogP contribution in [0.15, 0.2) is 24.3 Å². The van der Waals surface area contributed by atoms with Crippen LogP contribution in [0.2, 0.25) is 0 Å². The first-order valence-electron chi connectivity index (χ1n) is 37.9. The Hall–Kier alpha value is -1.13. The van der Waals surface area contributed by atoms with Gasteiger partial charge in [-0.15, -0.1) is 0 Å². The van der Waals surface area contributed by atoms with Crippen molar-refractivity contribution in [3.05, 3.63) is 29.8 Å². The summed E-state index contributed by atoms with van der Waals surface area (Å²) in [7, 11) is -8.76. The van der Waals surface area contributed by atoms with Crippen LogP contribution in [0.3, 0.4) is 0 Å². The number of carbonyl (C=O) groups excluding carboxylic acids is 5. The van der Waals surface area contributed by atoms with Gasteiger partial charge in [-0.3, -0.25) is 24.0 Å². The van der Waals surface area contributed by atoms with Crippen LogP contribution in [0.5, 0.6) is 0 Å². The van der Waals surface area contributed by atoms with Crippen molar-refractivity contribution in [2.24, 2.45) is 29.6 Å². The zero-order valence-electron chi connectivity index (χ0n) is 61.6. The van der Waals surface area contributed by atoms with Crippen LogP contribution >= 0.6 is 81.0 Å². The van der Waals surface area contributed by atoms with Gasteiger partial charge in [-0.2, -0.15) is 20.5 Å². The average Bonchev–Trinajstić information content (AvgIpc) is 0.790. The maximum atomic E-state index is 14.7. The van der Waals surface area contributed by atoms with Crippen molar-refractivity contribution in [3.8, 4) is 11.8 Å². The molecule has 12 atom stereocenters. The number of amides is 4. The van der Waals surface area contributed by atoms with Crippen LogP contribution in [0.25, 0.3) is 0 Å². The number of alkyl halides is 2. The van der Waals surface area contributed by atoms with Crippen molar-refractivity contribution in [2.45, 2.75) is 234 Å². The smallest absolute Gasteiger partial charge is 0.298 e. The molecular formula is C72H119F2N4O19P6S3-3. The Kier molecular flexibility index (Phi) is 45.1. The number of anilines is 1. The predicted molar refractivity (Wildman–Crippen MR) is 429 cm³/mol. The van der Waals surface area contributed by atoms with Crippen LogP contribution in [0, 0.1) is 41.4 Å². The Labute approximate surface area is 646 Å². The van der Waals surface area contributed by atoms with E-state index in [9.17, 15) is 57.6 Å². The van der Waals surface area contributed by atoms with E-state index < -0.39 is 78.1 Å². The van der Waals surface area contributed by atoms with Gasteiger partial charge in [-0.1, -0.05) is 218 Å². The van der Waals surface area contributed by atoms with Crippen LogP contribution in [-0.2, 0) is 56.2 Å². The first-order valence-corrected chi connectivity index (χ1v) is 51.4. The Morgan fingerprint density at radius 3 is 1.72 bits per heavy atom. The molecule has 4 amide bonds. The number of aliphatic hydroxyl groups is 2. The summed E-state index contributed by atoms with van der Waals surface area (Å²) in [6.07, 6.45) is 40.2. The van der Waals surface area contributed by atoms with Crippen LogP contribution in [-0.4, -0.2) is 200 Å². The van der Waals surface area contributed by atoms with Gasteiger partial charge in [-0.25, -0.2) is 0 Å². The normalized spacial score (nSPS) is 24.3. The van der Waals surface area contributed by atoms with Crippen molar-refractivity contribution in [3.63, 3.8) is 0 Å². The SMILES string of the molecule is C1CCC(C2CCCCC2)CC1.C1CCC(C2CCCCC2)CC1.C=P([O-])(O)OP(=C)([O-])C(F)(F)P(=C)([O-])OC[C@H]1O[C@@H](CSCC(=O)c2ccc(NC(=O)COCCOCCOCCNC(=O)C(CSSCCC(=O)NCC#CC[C@H]3CC(O)[C@@H](COP(P)P)O3)NC(=O)C3CCCCC3)cc2)CC1O. The van der Waals surface area contributed by atoms with Gasteiger partial charge in [0.25, 0.3) is 5.40 Å². The molecule has 0 aromatic heterocycles. The zero-order chi connectivity index (χ0) is 76.8. The molecule has 7 fully saturated rings. The lowest BCUT2D eigenvalue weighted by atomic mass is 9.73. The minimum absolute atomic E-state index is 0.000740. The number of rotatable bonds is 40. The molecule has 34 heteroatoms. The molecule has 2 saturated heterocycles. The minimum atomic E-state index is -5.62. The van der Waals surface area contributed by atoms with E-state index in [1.54, 1.807) is 63.5 Å². The number of halogens is 2. The summed E-state index contributed by atoms with van der Waals surface area (Å²) in [5.41, 5.74) is 0.760. The summed E-state index contributed by atoms with van der Waals surface area (Å²) < 4.78 is 71.6. The van der Waals surface area contributed by atoms with Crippen molar-refractivity contribution >= 4 is 135 Å². The summed E-state index contributed by atoms with van der Waals surface area (Å²) in [5.74, 6) is 9.99. The molecule has 23 nitrogen and oxygen atoms in total. The van der Waals surface area contributed by atoms with Gasteiger partial charge in [-0.05, 0) is 60.8 Å². The Balaban J connectivity index is 0.000000605. The maximum Gasteiger partial charge on any atom is 0.298 e. The fourth-order valence-corrected chi connectivity index (χ4v) is 23.3. The highest BCUT2D eigenvalue weighted by atomic mass is 33.1. The highest BCUT2D eigenvalue weighted by Crippen LogP contribution is 2.74. The molecule has 106 heavy (non-hydrogen) atoms. The highest BCUT2D eigenvalue weighted by molar-refractivity contribution is 8.76. The van der Waals surface area contributed by atoms with E-state index >= 15 is 0 Å². The van der Waals surface area contributed by atoms with Crippen LogP contribution in [0.1, 0.15) is 197 Å². The number of aliphatic hydroxyl groups excluding tert-OH is 2. The minimum Gasteiger partial charge on any atom is -0.805 e. The van der Waals surface area contributed by atoms with E-state index in [0.717, 1.165) is 55.8 Å². The second-order valence-corrected chi connectivity index (χ2v) is 44.4. The second-order valence-electron chi connectivity index (χ2n) is 28.5. The Bertz CT molecular complexity index is 2910. The Morgan fingerprint density at radius 1 is 0.660 bits per heavy atom. The molecule has 0 radical (unpaired) electrons. The zero-order valence-corrected chi connectivity index (χ0v) is 69.9. The van der Waals surface area contributed by atoms with E-state index in [1.807, 2.05) is 0 Å². The molecule has 2 heterocycles. The number of ketones is 1. The van der Waals surface area contributed by atoms with E-state index in [4.69, 9.17) is 37.6 Å². The summed E-state index contributed by atoms with van der Waals surface area (Å²) in [6.45, 7) is 0.507. The topological polar surface area (TPSA) is 337 Å². The molecule has 5 aliphatic carbocycles. The molecule has 1 aromatic carbocycles. The molecule has 1 aromatic rings. The summed E-state index contributed by atoms with van der Waals surface area (Å²) in [5, 5.41) is 26.9. The first-order chi connectivity index (χ1) is 50.7. The molecule has 8 unspecified atom stereocenters. The summed E-state index contributed by atoms with van der Waals surface area (Å²) >= 11 is 1.17. The number of carbonyl (C=O) groups is 5. The van der Waals surface area contributed by atoms with Gasteiger partial charge in [0.2, 0.25) is 23.6 Å². The van der Waals surface area contributed by atoms with Gasteiger partial charge in [0.1, 0.15) is 24.9 Å². The molecule has 8 rings (SSSR count). The lowest BCUT2D eigenvalue weighted by molar-refractivity contribution is -0.225. The number of ether oxygens (including phenoxy) is 5. The third kappa shape index (κ3) is 36.1. The molecule has 2 aliphatic heterocycles. The van der Waals surface area contributed by atoms with Crippen molar-refractivity contribution in [1.29, 1.82) is 0 Å². The van der Waals surface area contributed by atoms with Gasteiger partial charge < -0.3 is 88.1 Å². The number of benzene rings is 1. The summed E-state index contributed by atoms with van der Waals surface area (Å²) in [4.78, 5) is 109. The molecular weight excluding hydrogens is 1540 g/mol. The van der Waals surface area contributed by atoms with Crippen molar-refractivity contribution in [1.82, 2.24) is 16.0 Å². The van der Waals surface area contributed by atoms with Crippen LogP contribution in [0.4, 0.5) is 14.5 Å². The quantitative estimate of drug-likeness (QED) is 0.0106. The van der Waals surface area contributed by atoms with Crippen molar-refractivity contribution < 1.29 is 99.6 Å². The van der Waals surface area contributed by atoms with Gasteiger partial charge in [0.15, 0.2) is 5.78 Å². The predicted octanol–water partition coefficient (Wildman–Crippen LogP) is 10.8. The van der Waals surface area contributed by atoms with Crippen molar-refractivity contribution in [2.75, 3.05) is 94.3 Å². The third-order valence-electron chi connectivity index (χ3n) is 20.2. The van der Waals surface area contributed by atoms with Gasteiger partial charge in [0, 0.05) is 88.9 Å². The number of Topliss-reactive ketones (excluding diaryl/α,β-unsaturated/α-hetero) is 1. The van der Waals surface area contributed by atoms with Gasteiger partial charge >= 0.3 is 0 Å². The third-order valence-corrected chi connectivity index (χ3v) is 31.1. The van der Waals surface area contributed by atoms with E-state index in [-0.39, 0.29) is 119 Å². The lowest BCUT2D eigenvalue weighted by Gasteiger charge is -2.50. The number of hydrogen-bond acceptors (Lipinski definition) is 22. The van der Waals surface area contributed by atoms with Crippen LogP contribution < -0.4 is 35.9 Å². The number of nitrogens with one attached hydrogen (secondary N) is 4. The molecule has 606 valence electrons. The molecule has 0 bridgehead atoms. The van der Waals surface area contributed by atoms with Gasteiger partial charge in [0.05, 0.1) is 90.5 Å². The summed E-state index contributed by atoms with van der Waals surface area (Å²) in [6, 6.07) is 5.35. The van der Waals surface area contributed by atoms with E-state index in [0.29, 0.717) is 42.2 Å². The number of thioether (sulfide) groups is 1. The Morgan fingerprint density at radius 2 is 1.17 bits per heavy atom. The largest absolute Gasteiger partial charge is 0.805 e. The number of hydrogen-bond donors (Lipinski definition) is 7. The highest BCUT2D eigenvalue weighted by Gasteiger charge is 2.46. The average molecular weight is 1660 g/mol. The first kappa shape index (κ1) is 93.7. The van der Waals surface area contributed by atoms with E-state index in [2.05, 4.69) is 74.2 Å². The molecule has 7 aliphatic rings. The fraction of sp³-hybridized carbons (Fsp3) is 0.778. The second kappa shape index (κ2) is 51.0. The molecule has 7 N–H and O–H groups in total. The maximum absolute atomic E-state index is 14.7. The van der Waals surface area contributed by atoms with E-state index in [1.165, 1.54) is 123 Å². The lowest BCUT2D eigenvalue weighted by Crippen LogP contribution is -2.50. The molecule has 5 saturated carbocycles.